The summed E-state index contributed by atoms with van der Waals surface area (Å²) in [5.74, 6) is -3.88. The molecule has 0 bridgehead atoms. The molecule has 4 heteroatoms. The Hall–Kier alpha value is -0.670. The van der Waals surface area contributed by atoms with Gasteiger partial charge in [0.15, 0.2) is 0 Å². The first-order chi connectivity index (χ1) is 8.55. The van der Waals surface area contributed by atoms with E-state index < -0.39 is 17.8 Å². The number of ether oxygens (including phenoxy) is 1. The molecule has 0 unspecified atom stereocenters. The van der Waals surface area contributed by atoms with E-state index in [9.17, 15) is 13.6 Å². The zero-order valence-electron chi connectivity index (χ0n) is 11.0. The molecule has 2 saturated carbocycles. The Labute approximate surface area is 107 Å². The third kappa shape index (κ3) is 2.67. The van der Waals surface area contributed by atoms with Gasteiger partial charge in [0.2, 0.25) is 0 Å². The normalized spacial score (nSPS) is 30.4. The van der Waals surface area contributed by atoms with Crippen molar-refractivity contribution < 1.29 is 18.3 Å². The van der Waals surface area contributed by atoms with E-state index >= 15 is 0 Å². The molecule has 0 radical (unpaired) electrons. The largest absolute Gasteiger partial charge is 0.469 e. The Balaban J connectivity index is 1.90. The van der Waals surface area contributed by atoms with Crippen LogP contribution in [0.25, 0.3) is 0 Å². The van der Waals surface area contributed by atoms with Gasteiger partial charge in [0.25, 0.3) is 5.92 Å². The van der Waals surface area contributed by atoms with Crippen LogP contribution in [0.2, 0.25) is 0 Å². The van der Waals surface area contributed by atoms with E-state index in [-0.39, 0.29) is 11.9 Å². The minimum absolute atomic E-state index is 0.161. The second-order valence-corrected chi connectivity index (χ2v) is 5.73. The molecule has 0 N–H and O–H groups in total. The molecule has 104 valence electrons. The van der Waals surface area contributed by atoms with Gasteiger partial charge in [-0.1, -0.05) is 12.8 Å². The lowest BCUT2D eigenvalue weighted by Gasteiger charge is -2.35. The smallest absolute Gasteiger partial charge is 0.308 e. The van der Waals surface area contributed by atoms with Crippen LogP contribution in [0.15, 0.2) is 0 Å². The van der Waals surface area contributed by atoms with Gasteiger partial charge in [-0.2, -0.15) is 0 Å². The van der Waals surface area contributed by atoms with E-state index in [1.807, 2.05) is 0 Å². The van der Waals surface area contributed by atoms with Crippen molar-refractivity contribution in [2.45, 2.75) is 57.3 Å². The molecule has 0 aliphatic heterocycles. The van der Waals surface area contributed by atoms with E-state index in [2.05, 4.69) is 4.74 Å². The van der Waals surface area contributed by atoms with Crippen LogP contribution >= 0.6 is 0 Å². The first-order valence-corrected chi connectivity index (χ1v) is 7.01. The molecule has 2 aliphatic rings. The van der Waals surface area contributed by atoms with Gasteiger partial charge in [-0.05, 0) is 38.5 Å². The molecular formula is C14H22F2O2. The lowest BCUT2D eigenvalue weighted by molar-refractivity contribution is -0.151. The monoisotopic (exact) mass is 260 g/mol. The highest BCUT2D eigenvalue weighted by molar-refractivity contribution is 5.72. The van der Waals surface area contributed by atoms with E-state index in [0.717, 1.165) is 12.8 Å². The van der Waals surface area contributed by atoms with Crippen molar-refractivity contribution in [2.75, 3.05) is 7.11 Å². The van der Waals surface area contributed by atoms with Crippen molar-refractivity contribution in [3.8, 4) is 0 Å². The number of hydrogen-bond acceptors (Lipinski definition) is 2. The molecule has 2 nitrogen and oxygen atoms in total. The molecule has 2 aliphatic carbocycles. The molecule has 0 aromatic carbocycles. The summed E-state index contributed by atoms with van der Waals surface area (Å²) in [5, 5.41) is 0. The standard InChI is InChI=1S/C14H22F2O2/c1-18-13(17)10-6-8-12(9-7-10)14(15,16)11-4-2-3-5-11/h10-12H,2-9H2,1H3. The Kier molecular flexibility index (Phi) is 4.23. The van der Waals surface area contributed by atoms with Crippen molar-refractivity contribution in [3.05, 3.63) is 0 Å². The van der Waals surface area contributed by atoms with E-state index in [1.165, 1.54) is 7.11 Å². The van der Waals surface area contributed by atoms with Crippen molar-refractivity contribution >= 4 is 5.97 Å². The van der Waals surface area contributed by atoms with Crippen molar-refractivity contribution in [3.63, 3.8) is 0 Å². The average molecular weight is 260 g/mol. The van der Waals surface area contributed by atoms with Gasteiger partial charge in [-0.3, -0.25) is 4.79 Å². The number of halogens is 2. The maximum Gasteiger partial charge on any atom is 0.308 e. The topological polar surface area (TPSA) is 26.3 Å². The SMILES string of the molecule is COC(=O)C1CCC(C(F)(F)C2CCCC2)CC1. The predicted octanol–water partition coefficient (Wildman–Crippen LogP) is 3.79. The number of rotatable bonds is 3. The highest BCUT2D eigenvalue weighted by Gasteiger charge is 2.48. The van der Waals surface area contributed by atoms with Gasteiger partial charge < -0.3 is 4.74 Å². The molecule has 2 fully saturated rings. The molecule has 0 saturated heterocycles. The van der Waals surface area contributed by atoms with Crippen molar-refractivity contribution in [1.29, 1.82) is 0 Å². The van der Waals surface area contributed by atoms with Gasteiger partial charge in [-0.25, -0.2) is 8.78 Å². The number of carbonyl (C=O) groups excluding carboxylic acids is 1. The van der Waals surface area contributed by atoms with Crippen LogP contribution in [0.3, 0.4) is 0 Å². The van der Waals surface area contributed by atoms with Crippen LogP contribution in [0.1, 0.15) is 51.4 Å². The fourth-order valence-electron chi connectivity index (χ4n) is 3.52. The molecule has 0 atom stereocenters. The number of esters is 1. The molecule has 0 aromatic heterocycles. The van der Waals surface area contributed by atoms with Crippen LogP contribution in [-0.2, 0) is 9.53 Å². The summed E-state index contributed by atoms with van der Waals surface area (Å²) in [5.41, 5.74) is 0. The summed E-state index contributed by atoms with van der Waals surface area (Å²) >= 11 is 0. The molecule has 0 amide bonds. The van der Waals surface area contributed by atoms with Crippen molar-refractivity contribution in [2.24, 2.45) is 17.8 Å². The van der Waals surface area contributed by atoms with Gasteiger partial charge >= 0.3 is 5.97 Å². The van der Waals surface area contributed by atoms with Gasteiger partial charge in [-0.15, -0.1) is 0 Å². The molecule has 0 heterocycles. The van der Waals surface area contributed by atoms with Crippen LogP contribution in [-0.4, -0.2) is 19.0 Å². The molecule has 0 spiro atoms. The summed E-state index contributed by atoms with van der Waals surface area (Å²) in [6.45, 7) is 0. The van der Waals surface area contributed by atoms with E-state index in [1.54, 1.807) is 0 Å². The zero-order valence-corrected chi connectivity index (χ0v) is 11.0. The summed E-state index contributed by atoms with van der Waals surface area (Å²) in [6.07, 6.45) is 5.26. The summed E-state index contributed by atoms with van der Waals surface area (Å²) in [6, 6.07) is 0. The zero-order chi connectivity index (χ0) is 13.2. The highest BCUT2D eigenvalue weighted by atomic mass is 19.3. The number of carbonyl (C=O) groups is 1. The summed E-state index contributed by atoms with van der Waals surface area (Å²) in [4.78, 5) is 11.4. The number of hydrogen-bond donors (Lipinski definition) is 0. The highest BCUT2D eigenvalue weighted by Crippen LogP contribution is 2.47. The minimum Gasteiger partial charge on any atom is -0.469 e. The van der Waals surface area contributed by atoms with Gasteiger partial charge in [0.1, 0.15) is 0 Å². The molecular weight excluding hydrogens is 238 g/mol. The molecule has 0 aromatic rings. The third-order valence-electron chi connectivity index (χ3n) is 4.71. The fourth-order valence-corrected chi connectivity index (χ4v) is 3.52. The molecule has 18 heavy (non-hydrogen) atoms. The minimum atomic E-state index is -2.53. The Morgan fingerprint density at radius 2 is 1.50 bits per heavy atom. The fraction of sp³-hybridized carbons (Fsp3) is 0.929. The summed E-state index contributed by atoms with van der Waals surface area (Å²) < 4.78 is 33.3. The first kappa shape index (κ1) is 13.8. The van der Waals surface area contributed by atoms with Crippen molar-refractivity contribution in [1.82, 2.24) is 0 Å². The average Bonchev–Trinajstić information content (AvgIpc) is 2.92. The predicted molar refractivity (Wildman–Crippen MR) is 64.4 cm³/mol. The molecule has 2 rings (SSSR count). The maximum absolute atomic E-state index is 14.3. The quantitative estimate of drug-likeness (QED) is 0.722. The Morgan fingerprint density at radius 3 is 2.00 bits per heavy atom. The van der Waals surface area contributed by atoms with E-state index in [4.69, 9.17) is 0 Å². The lowest BCUT2D eigenvalue weighted by Crippen LogP contribution is -2.38. The Morgan fingerprint density at radius 1 is 1.00 bits per heavy atom. The lowest BCUT2D eigenvalue weighted by atomic mass is 9.75. The number of methoxy groups -OCH3 is 1. The van der Waals surface area contributed by atoms with Crippen LogP contribution in [0.5, 0.6) is 0 Å². The second-order valence-electron chi connectivity index (χ2n) is 5.73. The first-order valence-electron chi connectivity index (χ1n) is 7.01. The van der Waals surface area contributed by atoms with Gasteiger partial charge in [0.05, 0.1) is 13.0 Å². The van der Waals surface area contributed by atoms with E-state index in [0.29, 0.717) is 38.5 Å². The van der Waals surface area contributed by atoms with Gasteiger partial charge in [0, 0.05) is 11.8 Å². The van der Waals surface area contributed by atoms with Crippen LogP contribution in [0, 0.1) is 17.8 Å². The van der Waals surface area contributed by atoms with Crippen LogP contribution < -0.4 is 0 Å². The second kappa shape index (κ2) is 5.54. The third-order valence-corrected chi connectivity index (χ3v) is 4.71. The van der Waals surface area contributed by atoms with Crippen LogP contribution in [0.4, 0.5) is 8.78 Å². The number of alkyl halides is 2. The Bertz CT molecular complexity index is 290. The maximum atomic E-state index is 14.3. The summed E-state index contributed by atoms with van der Waals surface area (Å²) in [7, 11) is 1.36.